The summed E-state index contributed by atoms with van der Waals surface area (Å²) in [6.07, 6.45) is 5.68. The van der Waals surface area contributed by atoms with Crippen LogP contribution in [0.15, 0.2) is 195 Å². The van der Waals surface area contributed by atoms with Crippen LogP contribution in [-0.2, 0) is 24.8 Å². The van der Waals surface area contributed by atoms with Crippen molar-refractivity contribution in [3.05, 3.63) is 216 Å². The van der Waals surface area contributed by atoms with Crippen molar-refractivity contribution in [2.24, 2.45) is 0 Å². The maximum atomic E-state index is 6.71. The van der Waals surface area contributed by atoms with Gasteiger partial charge in [0, 0.05) is 29.7 Å². The fourth-order valence-corrected chi connectivity index (χ4v) is 9.97. The van der Waals surface area contributed by atoms with Crippen LogP contribution in [0.1, 0.15) is 26.3 Å². The van der Waals surface area contributed by atoms with Gasteiger partial charge in [0.1, 0.15) is 0 Å². The Morgan fingerprint density at radius 3 is 1.83 bits per heavy atom. The van der Waals surface area contributed by atoms with Gasteiger partial charge in [0.15, 0.2) is 0 Å². The number of hydrogen-bond donors (Lipinski definition) is 0. The summed E-state index contributed by atoms with van der Waals surface area (Å²) >= 11 is 2.47. The second-order valence-electron chi connectivity index (χ2n) is 16.9. The Balaban J connectivity index is 1.03. The van der Waals surface area contributed by atoms with E-state index in [2.05, 4.69) is 223 Å². The summed E-state index contributed by atoms with van der Waals surface area (Å²) in [5.74, 6) is 1.98. The molecule has 0 bridgehead atoms. The summed E-state index contributed by atoms with van der Waals surface area (Å²) in [5.41, 5.74) is 13.8. The molecule has 0 amide bonds. The number of rotatable bonds is 8. The van der Waals surface area contributed by atoms with Crippen LogP contribution in [0.5, 0.6) is 11.5 Å². The number of para-hydroxylation sites is 4. The first-order valence-electron chi connectivity index (χ1n) is 21.3. The first-order chi connectivity index (χ1) is 31.3. The van der Waals surface area contributed by atoms with E-state index in [-0.39, 0.29) is 5.41 Å². The van der Waals surface area contributed by atoms with Gasteiger partial charge < -0.3 is 0 Å². The number of fused-ring (bicyclic) bond motifs is 4. The van der Waals surface area contributed by atoms with Crippen molar-refractivity contribution < 1.29 is 24.1 Å². The standard InChI is InChI=1S/C57H41N5O.Pt/c1-57(2,3)50-35-55(59-37-49(50)41-21-16-32-58-36-41)62-51-27-11-10-24-47(51)48-31-30-44(34-54(48)62)63-43-23-14-22-42(33-43)60-38-61(53-29-13-12-28-52(53)60)56-45(39-17-6-4-7-18-39)25-15-26-46(56)40-19-8-5-9-20-40;/h4-32,35-37H,1-3H3;/q-2;. The van der Waals surface area contributed by atoms with Crippen LogP contribution < -0.4 is 4.74 Å². The second kappa shape index (κ2) is 16.1. The number of imidazole rings is 1. The average molecular weight is 1010 g/mol. The van der Waals surface area contributed by atoms with Gasteiger partial charge in [0.25, 0.3) is 0 Å². The molecule has 0 radical (unpaired) electrons. The van der Waals surface area contributed by atoms with Crippen LogP contribution in [0.3, 0.4) is 0 Å². The molecule has 0 aliphatic heterocycles. The Hall–Kier alpha value is -7.40. The van der Waals surface area contributed by atoms with E-state index in [9.17, 15) is 0 Å². The first kappa shape index (κ1) is 39.4. The predicted octanol–water partition coefficient (Wildman–Crippen LogP) is 14.1. The van der Waals surface area contributed by atoms with Crippen molar-refractivity contribution in [2.75, 3.05) is 0 Å². The smallest absolute Gasteiger partial charge is 0.264 e. The average Bonchev–Trinajstić information content (AvgIpc) is 3.82. The molecular weight excluding hydrogens is 966 g/mol. The van der Waals surface area contributed by atoms with E-state index >= 15 is 0 Å². The van der Waals surface area contributed by atoms with Gasteiger partial charge in [0.2, 0.25) is 0 Å². The molecular formula is C57H41N5OPt-2. The summed E-state index contributed by atoms with van der Waals surface area (Å²) in [6.45, 7) is 6.72. The Labute approximate surface area is 382 Å². The second-order valence-corrected chi connectivity index (χ2v) is 17.9. The van der Waals surface area contributed by atoms with Gasteiger partial charge in [-0.25, -0.2) is 0 Å². The van der Waals surface area contributed by atoms with Crippen molar-refractivity contribution in [3.8, 4) is 62.1 Å². The number of aromatic nitrogens is 5. The number of nitrogens with zero attached hydrogens (tertiary/aromatic N) is 5. The molecule has 0 aliphatic rings. The van der Waals surface area contributed by atoms with Gasteiger partial charge in [0.05, 0.1) is 0 Å². The molecule has 0 saturated heterocycles. The third kappa shape index (κ3) is 6.92. The summed E-state index contributed by atoms with van der Waals surface area (Å²) in [6, 6.07) is 68.7. The zero-order valence-corrected chi connectivity index (χ0v) is 37.7. The minimum absolute atomic E-state index is 0.155. The van der Waals surface area contributed by atoms with Crippen LogP contribution >= 0.6 is 0 Å². The van der Waals surface area contributed by atoms with Crippen molar-refractivity contribution in [3.63, 3.8) is 0 Å². The molecule has 0 atom stereocenters. The Kier molecular flexibility index (Phi) is 9.90. The van der Waals surface area contributed by atoms with Crippen LogP contribution in [-0.4, -0.2) is 23.7 Å². The SMILES string of the molecule is CC(C)(C)c1cc(-n2c3[c-]c(Oc4[c-]c(-n5[c](=[Pt])n(-c6c(-c7ccccc7)cccc6-c6ccccc6)c6ccccc65)ccc4)ccc3c3ccccc32)ncc1-c1cccnc1. The van der Waals surface area contributed by atoms with Crippen molar-refractivity contribution >= 4 is 32.8 Å². The predicted molar refractivity (Wildman–Crippen MR) is 255 cm³/mol. The maximum absolute atomic E-state index is 6.71. The molecule has 11 rings (SSSR count). The molecule has 4 heterocycles. The minimum Gasteiger partial charge on any atom is -0.264 e. The van der Waals surface area contributed by atoms with Crippen LogP contribution in [0.25, 0.3) is 83.4 Å². The van der Waals surface area contributed by atoms with Crippen LogP contribution in [0, 0.1) is 15.9 Å². The summed E-state index contributed by atoms with van der Waals surface area (Å²) in [7, 11) is 0. The van der Waals surface area contributed by atoms with E-state index in [1.165, 1.54) is 5.56 Å². The molecule has 0 fully saturated rings. The van der Waals surface area contributed by atoms with E-state index in [1.54, 1.807) is 6.20 Å². The third-order valence-corrected chi connectivity index (χ3v) is 12.8. The molecule has 64 heavy (non-hydrogen) atoms. The quantitative estimate of drug-likeness (QED) is 0.143. The van der Waals surface area contributed by atoms with Crippen molar-refractivity contribution in [1.82, 2.24) is 23.7 Å². The van der Waals surface area contributed by atoms with Gasteiger partial charge in [-0.3, -0.25) is 4.98 Å². The zero-order chi connectivity index (χ0) is 43.4. The molecule has 0 unspecified atom stereocenters. The normalized spacial score (nSPS) is 11.8. The monoisotopic (exact) mass is 1010 g/mol. The molecule has 7 heteroatoms. The van der Waals surface area contributed by atoms with Crippen LogP contribution in [0.2, 0.25) is 0 Å². The van der Waals surface area contributed by atoms with Gasteiger partial charge in [-0.15, -0.1) is 0 Å². The van der Waals surface area contributed by atoms with E-state index in [0.29, 0.717) is 11.5 Å². The minimum atomic E-state index is -0.155. The van der Waals surface area contributed by atoms with E-state index in [0.717, 1.165) is 87.2 Å². The Morgan fingerprint density at radius 2 is 1.14 bits per heavy atom. The molecule has 6 nitrogen and oxygen atoms in total. The van der Waals surface area contributed by atoms with Gasteiger partial charge in [-0.05, 0) is 17.0 Å². The number of hydrogen-bond acceptors (Lipinski definition) is 3. The Morgan fingerprint density at radius 1 is 0.516 bits per heavy atom. The third-order valence-electron chi connectivity index (χ3n) is 11.8. The van der Waals surface area contributed by atoms with Crippen LogP contribution in [0.4, 0.5) is 0 Å². The van der Waals surface area contributed by atoms with Gasteiger partial charge in [-0.2, -0.15) is 0 Å². The molecule has 0 saturated carbocycles. The molecule has 4 aromatic heterocycles. The number of ether oxygens (including phenoxy) is 1. The first-order valence-corrected chi connectivity index (χ1v) is 22.4. The topological polar surface area (TPSA) is 49.8 Å². The summed E-state index contributed by atoms with van der Waals surface area (Å²) < 4.78 is 14.6. The summed E-state index contributed by atoms with van der Waals surface area (Å²) in [4.78, 5) is 9.50. The molecule has 0 N–H and O–H groups in total. The molecule has 312 valence electrons. The van der Waals surface area contributed by atoms with E-state index < -0.39 is 0 Å². The fourth-order valence-electron chi connectivity index (χ4n) is 8.90. The molecule has 7 aromatic carbocycles. The molecule has 0 spiro atoms. The zero-order valence-electron chi connectivity index (χ0n) is 35.4. The molecule has 11 aromatic rings. The Bertz CT molecular complexity index is 3530. The van der Waals surface area contributed by atoms with Crippen molar-refractivity contribution in [1.29, 1.82) is 0 Å². The molecule has 0 aliphatic carbocycles. The fraction of sp³-hybridized carbons (Fsp3) is 0.0702. The summed E-state index contributed by atoms with van der Waals surface area (Å²) in [5, 5.41) is 2.19. The van der Waals surface area contributed by atoms with Gasteiger partial charge in [-0.1, -0.05) is 39.0 Å². The number of pyridine rings is 2. The van der Waals surface area contributed by atoms with Crippen molar-refractivity contribution in [2.45, 2.75) is 26.2 Å². The van der Waals surface area contributed by atoms with E-state index in [1.807, 2.05) is 36.7 Å². The number of benzene rings is 7. The van der Waals surface area contributed by atoms with Gasteiger partial charge >= 0.3 is 294 Å². The van der Waals surface area contributed by atoms with E-state index in [4.69, 9.17) is 9.72 Å².